The van der Waals surface area contributed by atoms with Gasteiger partial charge < -0.3 is 24.4 Å². The monoisotopic (exact) mass is 613 g/mol. The van der Waals surface area contributed by atoms with Gasteiger partial charge in [-0.1, -0.05) is 63.3 Å². The molecule has 2 heterocycles. The van der Waals surface area contributed by atoms with Crippen molar-refractivity contribution in [1.82, 2.24) is 9.55 Å². The number of amides is 1. The number of aliphatic hydroxyl groups is 2. The van der Waals surface area contributed by atoms with Crippen LogP contribution in [0.3, 0.4) is 0 Å². The average molecular weight is 614 g/mol. The second-order valence-electron chi connectivity index (χ2n) is 10.3. The lowest BCUT2D eigenvalue weighted by atomic mass is 10.1. The van der Waals surface area contributed by atoms with Crippen molar-refractivity contribution in [2.45, 2.75) is 108 Å². The molecule has 0 bridgehead atoms. The van der Waals surface area contributed by atoms with Crippen LogP contribution in [0.2, 0.25) is 0 Å². The van der Waals surface area contributed by atoms with Gasteiger partial charge in [-0.15, -0.1) is 0 Å². The van der Waals surface area contributed by atoms with Crippen LogP contribution in [-0.4, -0.2) is 69.8 Å². The number of carbonyl (C=O) groups is 2. The van der Waals surface area contributed by atoms with E-state index < -0.39 is 42.7 Å². The molecule has 1 saturated heterocycles. The molecule has 1 fully saturated rings. The van der Waals surface area contributed by atoms with E-state index in [1.165, 1.54) is 19.3 Å². The minimum Gasteiger partial charge on any atom is -0.462 e. The van der Waals surface area contributed by atoms with E-state index in [-0.39, 0.29) is 31.4 Å². The number of aromatic nitrogens is 2. The fraction of sp³-hybridized carbons (Fsp3) is 0.667. The van der Waals surface area contributed by atoms with Crippen LogP contribution >= 0.6 is 0 Å². The Hall–Kier alpha value is -3.16. The van der Waals surface area contributed by atoms with Crippen molar-refractivity contribution in [3.8, 4) is 0 Å². The predicted octanol–water partition coefficient (Wildman–Crippen LogP) is 5.03. The highest BCUT2D eigenvalue weighted by Crippen LogP contribution is 2.41. The largest absolute Gasteiger partial charge is 0.462 e. The molecule has 242 valence electrons. The molecule has 0 aromatic carbocycles. The van der Waals surface area contributed by atoms with Gasteiger partial charge in [0.1, 0.15) is 25.1 Å². The Balaban J connectivity index is 1.52. The Kier molecular flexibility index (Phi) is 16.7. The fourth-order valence-electron chi connectivity index (χ4n) is 4.36. The van der Waals surface area contributed by atoms with Crippen molar-refractivity contribution in [3.05, 3.63) is 47.1 Å². The van der Waals surface area contributed by atoms with Crippen LogP contribution in [-0.2, 0) is 19.0 Å². The number of hydrogen-bond acceptors (Lipinski definition) is 9. The number of hydrogen-bond donors (Lipinski definition) is 3. The van der Waals surface area contributed by atoms with E-state index in [9.17, 15) is 28.3 Å². The first kappa shape index (κ1) is 36.0. The molecule has 1 aromatic rings. The minimum absolute atomic E-state index is 0.149. The maximum absolute atomic E-state index is 14.3. The van der Waals surface area contributed by atoms with Crippen molar-refractivity contribution in [2.24, 2.45) is 0 Å². The summed E-state index contributed by atoms with van der Waals surface area (Å²) in [5, 5.41) is 20.9. The summed E-state index contributed by atoms with van der Waals surface area (Å²) in [5.74, 6) is -4.52. The van der Waals surface area contributed by atoms with Crippen LogP contribution in [0.5, 0.6) is 0 Å². The SMILES string of the molecule is CCCCC/C=C\C/C=C\CCCCCCCC(=O)OCCOC(=O)Nc1ccn([C@@H]2O[C@H](CO)C(O)C2(F)F)c(=O)n1. The number of aliphatic hydroxyl groups excluding tert-OH is 2. The van der Waals surface area contributed by atoms with Gasteiger partial charge in [-0.2, -0.15) is 13.8 Å². The van der Waals surface area contributed by atoms with Gasteiger partial charge in [0.25, 0.3) is 0 Å². The van der Waals surface area contributed by atoms with Crippen molar-refractivity contribution in [2.75, 3.05) is 25.1 Å². The number of esters is 1. The third kappa shape index (κ3) is 12.9. The molecule has 43 heavy (non-hydrogen) atoms. The van der Waals surface area contributed by atoms with E-state index in [4.69, 9.17) is 19.3 Å². The standard InChI is InChI=1S/C30H45F2N3O8/c1-2-3-4-5-6-7-8-9-10-11-12-13-14-15-16-17-25(37)41-20-21-42-29(40)34-24-18-19-35(28(39)33-24)27-30(31,32)26(38)23(22-36)43-27/h6-7,9-10,18-19,23,26-27,36,38H,2-5,8,11-17,20-22H2,1H3,(H,33,34,39,40)/b7-6-,10-9-/t23-,26?,27-/m1/s1. The second kappa shape index (κ2) is 19.9. The molecule has 1 aliphatic heterocycles. The molecule has 0 aliphatic carbocycles. The second-order valence-corrected chi connectivity index (χ2v) is 10.3. The lowest BCUT2D eigenvalue weighted by Gasteiger charge is -2.21. The third-order valence-electron chi connectivity index (χ3n) is 6.78. The molecule has 1 unspecified atom stereocenters. The number of halogens is 2. The first-order chi connectivity index (χ1) is 20.7. The molecule has 2 rings (SSSR count). The van der Waals surface area contributed by atoms with Gasteiger partial charge in [0, 0.05) is 12.6 Å². The van der Waals surface area contributed by atoms with Crippen molar-refractivity contribution >= 4 is 17.9 Å². The molecule has 0 radical (unpaired) electrons. The first-order valence-corrected chi connectivity index (χ1v) is 15.0. The van der Waals surface area contributed by atoms with Crippen LogP contribution in [0.15, 0.2) is 41.4 Å². The van der Waals surface area contributed by atoms with Gasteiger partial charge in [-0.25, -0.2) is 9.59 Å². The van der Waals surface area contributed by atoms with Crippen LogP contribution in [0.1, 0.15) is 90.2 Å². The highest BCUT2D eigenvalue weighted by atomic mass is 19.3. The molecule has 13 heteroatoms. The lowest BCUT2D eigenvalue weighted by molar-refractivity contribution is -0.144. The summed E-state index contributed by atoms with van der Waals surface area (Å²) in [7, 11) is 0. The maximum atomic E-state index is 14.3. The number of rotatable bonds is 20. The van der Waals surface area contributed by atoms with Gasteiger partial charge >= 0.3 is 23.7 Å². The van der Waals surface area contributed by atoms with Gasteiger partial charge in [0.05, 0.1) is 6.61 Å². The van der Waals surface area contributed by atoms with Crippen LogP contribution in [0, 0.1) is 0 Å². The predicted molar refractivity (Wildman–Crippen MR) is 156 cm³/mol. The number of unbranched alkanes of at least 4 members (excludes halogenated alkanes) is 8. The number of alkyl halides is 2. The molecule has 0 spiro atoms. The lowest BCUT2D eigenvalue weighted by Crippen LogP contribution is -2.41. The summed E-state index contributed by atoms with van der Waals surface area (Å²) in [6, 6.07) is 1.06. The Morgan fingerprint density at radius 3 is 2.35 bits per heavy atom. The number of nitrogens with one attached hydrogen (secondary N) is 1. The molecule has 0 saturated carbocycles. The van der Waals surface area contributed by atoms with Gasteiger partial charge in [0.15, 0.2) is 6.10 Å². The Morgan fingerprint density at radius 2 is 1.70 bits per heavy atom. The highest BCUT2D eigenvalue weighted by molar-refractivity contribution is 5.83. The normalized spacial score (nSPS) is 19.7. The number of allylic oxidation sites excluding steroid dienone is 4. The van der Waals surface area contributed by atoms with E-state index in [1.54, 1.807) is 0 Å². The van der Waals surface area contributed by atoms with Crippen molar-refractivity contribution < 1.29 is 42.8 Å². The zero-order valence-corrected chi connectivity index (χ0v) is 24.8. The summed E-state index contributed by atoms with van der Waals surface area (Å²) >= 11 is 0. The maximum Gasteiger partial charge on any atom is 0.412 e. The van der Waals surface area contributed by atoms with Crippen molar-refractivity contribution in [1.29, 1.82) is 0 Å². The average Bonchev–Trinajstić information content (AvgIpc) is 3.20. The van der Waals surface area contributed by atoms with E-state index in [2.05, 4.69) is 41.5 Å². The number of nitrogens with zero attached hydrogens (tertiary/aromatic N) is 2. The Bertz CT molecular complexity index is 1100. The van der Waals surface area contributed by atoms with Gasteiger partial charge in [0.2, 0.25) is 6.23 Å². The molecule has 3 atom stereocenters. The number of ether oxygens (including phenoxy) is 3. The van der Waals surface area contributed by atoms with Crippen LogP contribution < -0.4 is 11.0 Å². The molecular formula is C30H45F2N3O8. The molecule has 3 N–H and O–H groups in total. The smallest absolute Gasteiger partial charge is 0.412 e. The van der Waals surface area contributed by atoms with Crippen LogP contribution in [0.25, 0.3) is 0 Å². The van der Waals surface area contributed by atoms with Crippen LogP contribution in [0.4, 0.5) is 19.4 Å². The van der Waals surface area contributed by atoms with Crippen molar-refractivity contribution in [3.63, 3.8) is 0 Å². The summed E-state index contributed by atoms with van der Waals surface area (Å²) < 4.78 is 43.8. The zero-order valence-electron chi connectivity index (χ0n) is 24.8. The van der Waals surface area contributed by atoms with E-state index in [0.717, 1.165) is 57.2 Å². The molecule has 11 nitrogen and oxygen atoms in total. The van der Waals surface area contributed by atoms with Gasteiger partial charge in [-0.05, 0) is 44.6 Å². The highest BCUT2D eigenvalue weighted by Gasteiger charge is 2.59. The Morgan fingerprint density at radius 1 is 1.05 bits per heavy atom. The number of anilines is 1. The van der Waals surface area contributed by atoms with E-state index in [1.807, 2.05) is 0 Å². The molecular weight excluding hydrogens is 568 g/mol. The summed E-state index contributed by atoms with van der Waals surface area (Å²) in [6.07, 6.45) is 14.9. The summed E-state index contributed by atoms with van der Waals surface area (Å²) in [5.41, 5.74) is -1.18. The number of carbonyl (C=O) groups excluding carboxylic acids is 2. The van der Waals surface area contributed by atoms with E-state index >= 15 is 0 Å². The fourth-order valence-corrected chi connectivity index (χ4v) is 4.36. The molecule has 1 aromatic heterocycles. The van der Waals surface area contributed by atoms with E-state index in [0.29, 0.717) is 11.0 Å². The molecule has 1 amide bonds. The Labute approximate surface area is 250 Å². The minimum atomic E-state index is -3.85. The topological polar surface area (TPSA) is 149 Å². The van der Waals surface area contributed by atoms with Gasteiger partial charge in [-0.3, -0.25) is 14.7 Å². The summed E-state index contributed by atoms with van der Waals surface area (Å²) in [6.45, 7) is 0.953. The third-order valence-corrected chi connectivity index (χ3v) is 6.78. The molecule has 1 aliphatic rings. The summed E-state index contributed by atoms with van der Waals surface area (Å²) in [4.78, 5) is 39.5. The zero-order chi connectivity index (χ0) is 31.5. The first-order valence-electron chi connectivity index (χ1n) is 15.0. The quantitative estimate of drug-likeness (QED) is 0.105.